The normalized spacial score (nSPS) is 24.0. The van der Waals surface area contributed by atoms with Crippen LogP contribution in [0.15, 0.2) is 18.2 Å². The van der Waals surface area contributed by atoms with Crippen molar-refractivity contribution in [3.8, 4) is 0 Å². The summed E-state index contributed by atoms with van der Waals surface area (Å²) < 4.78 is 5.72. The molecule has 0 aromatic heterocycles. The van der Waals surface area contributed by atoms with Crippen LogP contribution in [0.25, 0.3) is 0 Å². The zero-order valence-electron chi connectivity index (χ0n) is 12.2. The maximum absolute atomic E-state index is 6.31. The fraction of sp³-hybridized carbons (Fsp3) is 0.625. The van der Waals surface area contributed by atoms with Crippen molar-refractivity contribution < 1.29 is 4.74 Å². The lowest BCUT2D eigenvalue weighted by molar-refractivity contribution is 0.0954. The van der Waals surface area contributed by atoms with Gasteiger partial charge in [-0.2, -0.15) is 0 Å². The van der Waals surface area contributed by atoms with E-state index in [1.54, 1.807) is 0 Å². The van der Waals surface area contributed by atoms with Crippen LogP contribution in [-0.2, 0) is 11.2 Å². The van der Waals surface area contributed by atoms with E-state index in [0.717, 1.165) is 43.0 Å². The van der Waals surface area contributed by atoms with Crippen molar-refractivity contribution in [1.29, 1.82) is 0 Å². The highest BCUT2D eigenvalue weighted by Crippen LogP contribution is 2.29. The van der Waals surface area contributed by atoms with Crippen molar-refractivity contribution in [2.45, 2.75) is 45.3 Å². The second kappa shape index (κ2) is 7.65. The second-order valence-corrected chi connectivity index (χ2v) is 6.37. The summed E-state index contributed by atoms with van der Waals surface area (Å²) in [7, 11) is 0. The summed E-state index contributed by atoms with van der Waals surface area (Å²) in [6.45, 7) is 6.25. The zero-order valence-corrected chi connectivity index (χ0v) is 13.7. The average Bonchev–Trinajstić information content (AvgIpc) is 2.83. The minimum atomic E-state index is 0.315. The van der Waals surface area contributed by atoms with Crippen molar-refractivity contribution in [1.82, 2.24) is 5.32 Å². The van der Waals surface area contributed by atoms with Gasteiger partial charge in [-0.15, -0.1) is 0 Å². The molecule has 1 aromatic rings. The molecule has 1 fully saturated rings. The van der Waals surface area contributed by atoms with Crippen molar-refractivity contribution in [3.05, 3.63) is 33.8 Å². The number of ether oxygens (including phenoxy) is 1. The van der Waals surface area contributed by atoms with Gasteiger partial charge in [-0.1, -0.05) is 36.2 Å². The molecular formula is C16H23Cl2NO. The Balaban J connectivity index is 2.10. The molecule has 3 unspecified atom stereocenters. The molecular weight excluding hydrogens is 293 g/mol. The summed E-state index contributed by atoms with van der Waals surface area (Å²) in [5.41, 5.74) is 1.16. The highest BCUT2D eigenvalue weighted by molar-refractivity contribution is 6.35. The van der Waals surface area contributed by atoms with Gasteiger partial charge in [-0.3, -0.25) is 0 Å². The van der Waals surface area contributed by atoms with Gasteiger partial charge in [0.15, 0.2) is 0 Å². The lowest BCUT2D eigenvalue weighted by atomic mass is 9.88. The molecule has 0 bridgehead atoms. The Morgan fingerprint density at radius 3 is 2.80 bits per heavy atom. The molecule has 0 saturated carbocycles. The number of halogens is 2. The minimum absolute atomic E-state index is 0.315. The van der Waals surface area contributed by atoms with Gasteiger partial charge in [0, 0.05) is 28.6 Å². The second-order valence-electron chi connectivity index (χ2n) is 5.53. The van der Waals surface area contributed by atoms with Gasteiger partial charge in [0.05, 0.1) is 6.10 Å². The summed E-state index contributed by atoms with van der Waals surface area (Å²) in [4.78, 5) is 0. The zero-order chi connectivity index (χ0) is 14.5. The Labute approximate surface area is 131 Å². The maximum atomic E-state index is 6.31. The van der Waals surface area contributed by atoms with Gasteiger partial charge in [-0.05, 0) is 50.4 Å². The van der Waals surface area contributed by atoms with Crippen LogP contribution in [-0.4, -0.2) is 25.3 Å². The number of rotatable bonds is 6. The fourth-order valence-corrected chi connectivity index (χ4v) is 3.39. The number of nitrogens with one attached hydrogen (secondary N) is 1. The summed E-state index contributed by atoms with van der Waals surface area (Å²) in [6, 6.07) is 6.18. The molecule has 3 atom stereocenters. The lowest BCUT2D eigenvalue weighted by Gasteiger charge is -2.27. The molecule has 4 heteroatoms. The average molecular weight is 316 g/mol. The van der Waals surface area contributed by atoms with E-state index in [1.165, 1.54) is 0 Å². The van der Waals surface area contributed by atoms with Crippen LogP contribution in [0.2, 0.25) is 10.0 Å². The predicted molar refractivity (Wildman–Crippen MR) is 85.8 cm³/mol. The van der Waals surface area contributed by atoms with E-state index in [9.17, 15) is 0 Å². The van der Waals surface area contributed by atoms with Crippen molar-refractivity contribution >= 4 is 23.2 Å². The van der Waals surface area contributed by atoms with Gasteiger partial charge in [0.25, 0.3) is 0 Å². The molecule has 0 radical (unpaired) electrons. The quantitative estimate of drug-likeness (QED) is 0.843. The minimum Gasteiger partial charge on any atom is -0.378 e. The van der Waals surface area contributed by atoms with Gasteiger partial charge in [0.1, 0.15) is 0 Å². The monoisotopic (exact) mass is 315 g/mol. The Kier molecular flexibility index (Phi) is 6.16. The molecule has 1 N–H and O–H groups in total. The fourth-order valence-electron chi connectivity index (χ4n) is 2.91. The van der Waals surface area contributed by atoms with E-state index in [-0.39, 0.29) is 0 Å². The van der Waals surface area contributed by atoms with Crippen LogP contribution in [0.5, 0.6) is 0 Å². The van der Waals surface area contributed by atoms with E-state index in [2.05, 4.69) is 19.2 Å². The highest BCUT2D eigenvalue weighted by atomic mass is 35.5. The third-order valence-electron chi connectivity index (χ3n) is 4.06. The molecule has 0 spiro atoms. The first-order valence-corrected chi connectivity index (χ1v) is 8.16. The van der Waals surface area contributed by atoms with E-state index in [4.69, 9.17) is 27.9 Å². The molecule has 1 saturated heterocycles. The first-order chi connectivity index (χ1) is 9.61. The SMILES string of the molecule is CCCNC(Cc1ccc(Cl)cc1Cl)C1CCOC1C. The molecule has 1 aliphatic heterocycles. The Hall–Kier alpha value is -0.280. The number of benzene rings is 1. The smallest absolute Gasteiger partial charge is 0.0590 e. The van der Waals surface area contributed by atoms with Crippen molar-refractivity contribution in [2.24, 2.45) is 5.92 Å². The first-order valence-electron chi connectivity index (χ1n) is 7.40. The van der Waals surface area contributed by atoms with Crippen LogP contribution in [0.3, 0.4) is 0 Å². The van der Waals surface area contributed by atoms with E-state index in [0.29, 0.717) is 23.1 Å². The van der Waals surface area contributed by atoms with E-state index < -0.39 is 0 Å². The van der Waals surface area contributed by atoms with Gasteiger partial charge in [0.2, 0.25) is 0 Å². The molecule has 1 aromatic carbocycles. The molecule has 112 valence electrons. The molecule has 0 aliphatic carbocycles. The number of hydrogen-bond donors (Lipinski definition) is 1. The summed E-state index contributed by atoms with van der Waals surface area (Å²) in [5.74, 6) is 0.549. The van der Waals surface area contributed by atoms with Crippen LogP contribution >= 0.6 is 23.2 Å². The summed E-state index contributed by atoms with van der Waals surface area (Å²) in [6.07, 6.45) is 3.49. The third kappa shape index (κ3) is 4.11. The predicted octanol–water partition coefficient (Wildman–Crippen LogP) is 4.33. The summed E-state index contributed by atoms with van der Waals surface area (Å²) >= 11 is 12.3. The van der Waals surface area contributed by atoms with Gasteiger partial charge < -0.3 is 10.1 Å². The topological polar surface area (TPSA) is 21.3 Å². The Morgan fingerprint density at radius 2 is 2.20 bits per heavy atom. The maximum Gasteiger partial charge on any atom is 0.0590 e. The molecule has 0 amide bonds. The van der Waals surface area contributed by atoms with Crippen molar-refractivity contribution in [2.75, 3.05) is 13.2 Å². The van der Waals surface area contributed by atoms with Crippen LogP contribution in [0.4, 0.5) is 0 Å². The first kappa shape index (κ1) is 16.1. The number of hydrogen-bond acceptors (Lipinski definition) is 2. The van der Waals surface area contributed by atoms with Gasteiger partial charge in [-0.25, -0.2) is 0 Å². The van der Waals surface area contributed by atoms with Crippen LogP contribution in [0.1, 0.15) is 32.3 Å². The largest absolute Gasteiger partial charge is 0.378 e. The Morgan fingerprint density at radius 1 is 1.40 bits per heavy atom. The molecule has 1 heterocycles. The van der Waals surface area contributed by atoms with Crippen molar-refractivity contribution in [3.63, 3.8) is 0 Å². The van der Waals surface area contributed by atoms with Crippen LogP contribution < -0.4 is 5.32 Å². The van der Waals surface area contributed by atoms with E-state index in [1.807, 2.05) is 18.2 Å². The third-order valence-corrected chi connectivity index (χ3v) is 4.65. The lowest BCUT2D eigenvalue weighted by Crippen LogP contribution is -2.41. The van der Waals surface area contributed by atoms with Crippen LogP contribution in [0, 0.1) is 5.92 Å². The molecule has 1 aliphatic rings. The Bertz CT molecular complexity index is 438. The van der Waals surface area contributed by atoms with E-state index >= 15 is 0 Å². The summed E-state index contributed by atoms with van der Waals surface area (Å²) in [5, 5.41) is 5.11. The highest BCUT2D eigenvalue weighted by Gasteiger charge is 2.31. The molecule has 20 heavy (non-hydrogen) atoms. The molecule has 2 rings (SSSR count). The standard InChI is InChI=1S/C16H23Cl2NO/c1-3-7-19-16(14-6-8-20-11(14)2)9-12-4-5-13(17)10-15(12)18/h4-5,10-11,14,16,19H,3,6-9H2,1-2H3. The molecule has 2 nitrogen and oxygen atoms in total. The van der Waals surface area contributed by atoms with Gasteiger partial charge >= 0.3 is 0 Å².